The van der Waals surface area contributed by atoms with E-state index < -0.39 is 0 Å². The zero-order valence-corrected chi connectivity index (χ0v) is 12.7. The highest BCUT2D eigenvalue weighted by molar-refractivity contribution is 6.09. The van der Waals surface area contributed by atoms with E-state index in [0.717, 1.165) is 40.8 Å². The number of hydrogen-bond acceptors (Lipinski definition) is 5. The van der Waals surface area contributed by atoms with Crippen molar-refractivity contribution in [1.29, 1.82) is 5.26 Å². The van der Waals surface area contributed by atoms with Gasteiger partial charge in [-0.25, -0.2) is 9.97 Å². The first kappa shape index (κ1) is 14.0. The molecule has 2 N–H and O–H groups in total. The molecule has 0 radical (unpaired) electrons. The maximum atomic E-state index is 9.07. The quantitative estimate of drug-likeness (QED) is 0.775. The van der Waals surface area contributed by atoms with Crippen LogP contribution >= 0.6 is 0 Å². The minimum atomic E-state index is 0.393. The van der Waals surface area contributed by atoms with Gasteiger partial charge < -0.3 is 15.0 Å². The standard InChI is InChI=1S/C17H17N5O/c18-7-12-6-13-14(9-21-12)22-17-16(13)15(3-5-20-17)23-10-11-2-1-4-19-8-11/h3,5-6,9,11,19H,1-2,4,8,10H2,(H,20,22)/t11-/m1/s1. The number of hydrogen-bond donors (Lipinski definition) is 2. The molecule has 0 amide bonds. The van der Waals surface area contributed by atoms with Crippen LogP contribution in [-0.2, 0) is 0 Å². The molecular weight excluding hydrogens is 290 g/mol. The van der Waals surface area contributed by atoms with Crippen LogP contribution in [0.4, 0.5) is 0 Å². The molecule has 1 fully saturated rings. The average molecular weight is 307 g/mol. The van der Waals surface area contributed by atoms with Crippen LogP contribution in [0, 0.1) is 17.2 Å². The van der Waals surface area contributed by atoms with Crippen LogP contribution < -0.4 is 10.1 Å². The maximum absolute atomic E-state index is 9.07. The van der Waals surface area contributed by atoms with E-state index in [1.54, 1.807) is 18.5 Å². The van der Waals surface area contributed by atoms with Crippen molar-refractivity contribution in [2.75, 3.05) is 19.7 Å². The molecule has 4 heterocycles. The smallest absolute Gasteiger partial charge is 0.142 e. The van der Waals surface area contributed by atoms with Gasteiger partial charge in [0.05, 0.1) is 23.7 Å². The highest BCUT2D eigenvalue weighted by Crippen LogP contribution is 2.32. The summed E-state index contributed by atoms with van der Waals surface area (Å²) in [4.78, 5) is 11.7. The second-order valence-electron chi connectivity index (χ2n) is 5.91. The van der Waals surface area contributed by atoms with Gasteiger partial charge in [0.1, 0.15) is 23.2 Å². The monoisotopic (exact) mass is 307 g/mol. The van der Waals surface area contributed by atoms with Crippen molar-refractivity contribution in [2.24, 2.45) is 5.92 Å². The molecule has 0 spiro atoms. The summed E-state index contributed by atoms with van der Waals surface area (Å²) in [6.45, 7) is 2.79. The van der Waals surface area contributed by atoms with Crippen molar-refractivity contribution in [1.82, 2.24) is 20.3 Å². The third-order valence-electron chi connectivity index (χ3n) is 4.33. The lowest BCUT2D eigenvalue weighted by atomic mass is 10.0. The van der Waals surface area contributed by atoms with Gasteiger partial charge in [-0.2, -0.15) is 5.26 Å². The van der Waals surface area contributed by atoms with Gasteiger partial charge >= 0.3 is 0 Å². The number of aromatic amines is 1. The van der Waals surface area contributed by atoms with E-state index in [0.29, 0.717) is 18.2 Å². The number of H-pyrrole nitrogens is 1. The Hall–Kier alpha value is -2.65. The predicted molar refractivity (Wildman–Crippen MR) is 87.2 cm³/mol. The molecule has 0 aliphatic carbocycles. The fourth-order valence-electron chi connectivity index (χ4n) is 3.14. The zero-order valence-electron chi connectivity index (χ0n) is 12.7. The number of fused-ring (bicyclic) bond motifs is 3. The van der Waals surface area contributed by atoms with E-state index in [4.69, 9.17) is 10.00 Å². The lowest BCUT2D eigenvalue weighted by Crippen LogP contribution is -2.33. The van der Waals surface area contributed by atoms with Crippen LogP contribution in [0.1, 0.15) is 18.5 Å². The van der Waals surface area contributed by atoms with Gasteiger partial charge in [-0.05, 0) is 31.5 Å². The third-order valence-corrected chi connectivity index (χ3v) is 4.33. The predicted octanol–water partition coefficient (Wildman–Crippen LogP) is 2.36. The van der Waals surface area contributed by atoms with E-state index in [1.807, 2.05) is 6.07 Å². The topological polar surface area (TPSA) is 86.6 Å². The molecule has 1 saturated heterocycles. The number of aromatic nitrogens is 3. The molecule has 116 valence electrons. The number of rotatable bonds is 3. The fourth-order valence-corrected chi connectivity index (χ4v) is 3.14. The molecule has 3 aromatic rings. The minimum Gasteiger partial charge on any atom is -0.492 e. The number of pyridine rings is 2. The Balaban J connectivity index is 1.72. The second-order valence-corrected chi connectivity index (χ2v) is 5.91. The van der Waals surface area contributed by atoms with Crippen LogP contribution in [0.3, 0.4) is 0 Å². The summed E-state index contributed by atoms with van der Waals surface area (Å²) in [5, 5.41) is 14.3. The number of nitriles is 1. The van der Waals surface area contributed by atoms with Crippen molar-refractivity contribution in [3.05, 3.63) is 30.2 Å². The first-order valence-corrected chi connectivity index (χ1v) is 7.85. The molecule has 6 heteroatoms. The molecular formula is C17H17N5O. The molecule has 0 unspecified atom stereocenters. The lowest BCUT2D eigenvalue weighted by molar-refractivity contribution is 0.220. The molecule has 6 nitrogen and oxygen atoms in total. The largest absolute Gasteiger partial charge is 0.492 e. The summed E-state index contributed by atoms with van der Waals surface area (Å²) in [6.07, 6.45) is 5.80. The van der Waals surface area contributed by atoms with Crippen LogP contribution in [0.5, 0.6) is 5.75 Å². The summed E-state index contributed by atoms with van der Waals surface area (Å²) in [6, 6.07) is 5.75. The van der Waals surface area contributed by atoms with Crippen molar-refractivity contribution in [3.8, 4) is 11.8 Å². The Bertz CT molecular complexity index is 889. The third kappa shape index (κ3) is 2.60. The highest BCUT2D eigenvalue weighted by Gasteiger charge is 2.16. The van der Waals surface area contributed by atoms with Crippen molar-refractivity contribution in [3.63, 3.8) is 0 Å². The molecule has 23 heavy (non-hydrogen) atoms. The van der Waals surface area contributed by atoms with Crippen molar-refractivity contribution < 1.29 is 4.74 Å². The summed E-state index contributed by atoms with van der Waals surface area (Å²) in [5.74, 6) is 1.34. The minimum absolute atomic E-state index is 0.393. The highest BCUT2D eigenvalue weighted by atomic mass is 16.5. The summed E-state index contributed by atoms with van der Waals surface area (Å²) >= 11 is 0. The maximum Gasteiger partial charge on any atom is 0.142 e. The van der Waals surface area contributed by atoms with Crippen LogP contribution in [-0.4, -0.2) is 34.6 Å². The molecule has 0 aromatic carbocycles. The van der Waals surface area contributed by atoms with E-state index >= 15 is 0 Å². The van der Waals surface area contributed by atoms with E-state index in [9.17, 15) is 0 Å². The Morgan fingerprint density at radius 2 is 2.35 bits per heavy atom. The molecule has 4 rings (SSSR count). The van der Waals surface area contributed by atoms with Gasteiger partial charge in [-0.3, -0.25) is 0 Å². The summed E-state index contributed by atoms with van der Waals surface area (Å²) in [7, 11) is 0. The summed E-state index contributed by atoms with van der Waals surface area (Å²) in [5.41, 5.74) is 2.02. The van der Waals surface area contributed by atoms with Crippen molar-refractivity contribution in [2.45, 2.75) is 12.8 Å². The van der Waals surface area contributed by atoms with Gasteiger partial charge in [0, 0.05) is 24.0 Å². The van der Waals surface area contributed by atoms with Gasteiger partial charge in [0.15, 0.2) is 0 Å². The first-order valence-electron chi connectivity index (χ1n) is 7.85. The van der Waals surface area contributed by atoms with Gasteiger partial charge in [-0.1, -0.05) is 0 Å². The first-order chi connectivity index (χ1) is 11.3. The van der Waals surface area contributed by atoms with Crippen LogP contribution in [0.2, 0.25) is 0 Å². The normalized spacial score (nSPS) is 18.1. The number of nitrogens with one attached hydrogen (secondary N) is 2. The zero-order chi connectivity index (χ0) is 15.6. The molecule has 1 aliphatic heterocycles. The average Bonchev–Trinajstić information content (AvgIpc) is 2.99. The lowest BCUT2D eigenvalue weighted by Gasteiger charge is -2.22. The Morgan fingerprint density at radius 3 is 3.17 bits per heavy atom. The van der Waals surface area contributed by atoms with Gasteiger partial charge in [0.25, 0.3) is 0 Å². The van der Waals surface area contributed by atoms with Crippen LogP contribution in [0.25, 0.3) is 21.9 Å². The summed E-state index contributed by atoms with van der Waals surface area (Å²) < 4.78 is 6.10. The van der Waals surface area contributed by atoms with E-state index in [1.165, 1.54) is 12.8 Å². The second kappa shape index (κ2) is 5.86. The van der Waals surface area contributed by atoms with Crippen molar-refractivity contribution >= 4 is 21.9 Å². The number of nitrogens with zero attached hydrogens (tertiary/aromatic N) is 3. The van der Waals surface area contributed by atoms with Gasteiger partial charge in [-0.15, -0.1) is 0 Å². The molecule has 1 aliphatic rings. The Morgan fingerprint density at radius 1 is 1.39 bits per heavy atom. The van der Waals surface area contributed by atoms with E-state index in [-0.39, 0.29) is 0 Å². The fraction of sp³-hybridized carbons (Fsp3) is 0.353. The number of piperidine rings is 1. The molecule has 0 saturated carbocycles. The number of ether oxygens (including phenoxy) is 1. The molecule has 1 atom stereocenters. The van der Waals surface area contributed by atoms with E-state index in [2.05, 4.69) is 26.3 Å². The Labute approximate surface area is 133 Å². The SMILES string of the molecule is N#Cc1cc2c(cn1)[nH]c1nccc(OC[C@@H]3CCCNC3)c12. The van der Waals surface area contributed by atoms with Gasteiger partial charge in [0.2, 0.25) is 0 Å². The molecule has 0 bridgehead atoms. The van der Waals surface area contributed by atoms with Crippen LogP contribution in [0.15, 0.2) is 24.5 Å². The Kier molecular flexibility index (Phi) is 3.56. The molecule has 3 aromatic heterocycles.